The van der Waals surface area contributed by atoms with E-state index in [0.29, 0.717) is 0 Å². The molecule has 2 aliphatic rings. The highest BCUT2D eigenvalue weighted by molar-refractivity contribution is 5.28. The Bertz CT molecular complexity index is 398. The van der Waals surface area contributed by atoms with Crippen LogP contribution in [0.25, 0.3) is 0 Å². The van der Waals surface area contributed by atoms with Crippen molar-refractivity contribution in [3.05, 3.63) is 35.4 Å². The highest BCUT2D eigenvalue weighted by Crippen LogP contribution is 2.32. The SMILES string of the molecule is CC(NCCN1CCc2ccccc2C1)C1CC1. The van der Waals surface area contributed by atoms with Crippen molar-refractivity contribution in [1.82, 2.24) is 10.2 Å². The normalized spacial score (nSPS) is 21.6. The van der Waals surface area contributed by atoms with Gasteiger partial charge in [0.15, 0.2) is 0 Å². The Labute approximate surface area is 110 Å². The zero-order valence-corrected chi connectivity index (χ0v) is 11.4. The molecule has 0 amide bonds. The summed E-state index contributed by atoms with van der Waals surface area (Å²) in [5.74, 6) is 0.965. The molecule has 18 heavy (non-hydrogen) atoms. The molecule has 1 aromatic rings. The second-order valence-corrected chi connectivity index (χ2v) is 5.88. The van der Waals surface area contributed by atoms with Gasteiger partial charge in [-0.3, -0.25) is 4.90 Å². The summed E-state index contributed by atoms with van der Waals surface area (Å²) in [6.07, 6.45) is 4.09. The van der Waals surface area contributed by atoms with E-state index in [1.807, 2.05) is 0 Å². The summed E-state index contributed by atoms with van der Waals surface area (Å²) in [4.78, 5) is 2.58. The summed E-state index contributed by atoms with van der Waals surface area (Å²) in [7, 11) is 0. The maximum atomic E-state index is 3.67. The molecule has 1 aliphatic carbocycles. The molecule has 1 unspecified atom stereocenters. The first-order valence-corrected chi connectivity index (χ1v) is 7.35. The molecule has 1 aliphatic heterocycles. The average molecular weight is 244 g/mol. The molecule has 1 heterocycles. The monoisotopic (exact) mass is 244 g/mol. The van der Waals surface area contributed by atoms with E-state index >= 15 is 0 Å². The van der Waals surface area contributed by atoms with Crippen molar-refractivity contribution in [1.29, 1.82) is 0 Å². The van der Waals surface area contributed by atoms with E-state index < -0.39 is 0 Å². The van der Waals surface area contributed by atoms with E-state index in [9.17, 15) is 0 Å². The third kappa shape index (κ3) is 2.93. The highest BCUT2D eigenvalue weighted by Gasteiger charge is 2.27. The van der Waals surface area contributed by atoms with Crippen molar-refractivity contribution in [2.75, 3.05) is 19.6 Å². The van der Waals surface area contributed by atoms with Gasteiger partial charge in [-0.1, -0.05) is 24.3 Å². The Morgan fingerprint density at radius 1 is 1.28 bits per heavy atom. The van der Waals surface area contributed by atoms with E-state index in [4.69, 9.17) is 0 Å². The average Bonchev–Trinajstić information content (AvgIpc) is 3.23. The molecule has 1 atom stereocenters. The molecule has 0 aromatic heterocycles. The molecule has 0 radical (unpaired) electrons. The molecule has 3 rings (SSSR count). The van der Waals surface area contributed by atoms with E-state index in [-0.39, 0.29) is 0 Å². The number of hydrogen-bond acceptors (Lipinski definition) is 2. The zero-order valence-electron chi connectivity index (χ0n) is 11.4. The number of nitrogens with one attached hydrogen (secondary N) is 1. The standard InChI is InChI=1S/C16H24N2/c1-13(14-6-7-14)17-9-11-18-10-8-15-4-2-3-5-16(15)12-18/h2-5,13-14,17H,6-12H2,1H3. The van der Waals surface area contributed by atoms with Crippen LogP contribution < -0.4 is 5.32 Å². The zero-order chi connectivity index (χ0) is 12.4. The van der Waals surface area contributed by atoms with Crippen LogP contribution in [0.5, 0.6) is 0 Å². The minimum Gasteiger partial charge on any atom is -0.313 e. The molecule has 2 heteroatoms. The number of nitrogens with zero attached hydrogens (tertiary/aromatic N) is 1. The molecule has 1 fully saturated rings. The van der Waals surface area contributed by atoms with Crippen LogP contribution in [-0.2, 0) is 13.0 Å². The fourth-order valence-corrected chi connectivity index (χ4v) is 2.96. The summed E-state index contributed by atoms with van der Waals surface area (Å²) in [6.45, 7) is 7.01. The molecule has 1 aromatic carbocycles. The van der Waals surface area contributed by atoms with Crippen molar-refractivity contribution in [3.8, 4) is 0 Å². The van der Waals surface area contributed by atoms with Crippen LogP contribution in [0.1, 0.15) is 30.9 Å². The van der Waals surface area contributed by atoms with Crippen LogP contribution >= 0.6 is 0 Å². The van der Waals surface area contributed by atoms with Crippen LogP contribution in [0, 0.1) is 5.92 Å². The van der Waals surface area contributed by atoms with Crippen LogP contribution in [0.2, 0.25) is 0 Å². The minimum atomic E-state index is 0.724. The Kier molecular flexibility index (Phi) is 3.67. The van der Waals surface area contributed by atoms with Gasteiger partial charge in [0.25, 0.3) is 0 Å². The third-order valence-corrected chi connectivity index (χ3v) is 4.43. The van der Waals surface area contributed by atoms with Crippen molar-refractivity contribution in [3.63, 3.8) is 0 Å². The predicted octanol–water partition coefficient (Wildman–Crippen LogP) is 2.43. The lowest BCUT2D eigenvalue weighted by atomic mass is 10.00. The van der Waals surface area contributed by atoms with Gasteiger partial charge >= 0.3 is 0 Å². The Hall–Kier alpha value is -0.860. The van der Waals surface area contributed by atoms with Crippen LogP contribution in [0.4, 0.5) is 0 Å². The van der Waals surface area contributed by atoms with Crippen molar-refractivity contribution in [2.24, 2.45) is 5.92 Å². The quantitative estimate of drug-likeness (QED) is 0.856. The summed E-state index contributed by atoms with van der Waals surface area (Å²) < 4.78 is 0. The van der Waals surface area contributed by atoms with Crippen LogP contribution in [0.15, 0.2) is 24.3 Å². The lowest BCUT2D eigenvalue weighted by Crippen LogP contribution is -2.39. The maximum Gasteiger partial charge on any atom is 0.0237 e. The number of hydrogen-bond donors (Lipinski definition) is 1. The molecule has 98 valence electrons. The lowest BCUT2D eigenvalue weighted by Gasteiger charge is -2.29. The first-order chi connectivity index (χ1) is 8.83. The predicted molar refractivity (Wildman–Crippen MR) is 75.6 cm³/mol. The van der Waals surface area contributed by atoms with E-state index in [2.05, 4.69) is 41.4 Å². The topological polar surface area (TPSA) is 15.3 Å². The van der Waals surface area contributed by atoms with E-state index in [1.54, 1.807) is 5.56 Å². The molecule has 0 saturated heterocycles. The molecular weight excluding hydrogens is 220 g/mol. The third-order valence-electron chi connectivity index (χ3n) is 4.43. The Balaban J connectivity index is 1.44. The van der Waals surface area contributed by atoms with E-state index in [0.717, 1.165) is 25.0 Å². The van der Waals surface area contributed by atoms with Gasteiger partial charge < -0.3 is 5.32 Å². The summed E-state index contributed by atoms with van der Waals surface area (Å²) >= 11 is 0. The minimum absolute atomic E-state index is 0.724. The van der Waals surface area contributed by atoms with Gasteiger partial charge in [-0.15, -0.1) is 0 Å². The molecule has 2 nitrogen and oxygen atoms in total. The summed E-state index contributed by atoms with van der Waals surface area (Å²) in [5, 5.41) is 3.67. The first-order valence-electron chi connectivity index (χ1n) is 7.35. The van der Waals surface area contributed by atoms with Crippen molar-refractivity contribution >= 4 is 0 Å². The molecular formula is C16H24N2. The van der Waals surface area contributed by atoms with E-state index in [1.165, 1.54) is 37.9 Å². The number of benzene rings is 1. The first kappa shape index (κ1) is 12.2. The molecule has 1 N–H and O–H groups in total. The van der Waals surface area contributed by atoms with Crippen LogP contribution in [0.3, 0.4) is 0 Å². The summed E-state index contributed by atoms with van der Waals surface area (Å²) in [6, 6.07) is 9.60. The highest BCUT2D eigenvalue weighted by atomic mass is 15.1. The van der Waals surface area contributed by atoms with Crippen LogP contribution in [-0.4, -0.2) is 30.6 Å². The van der Waals surface area contributed by atoms with Gasteiger partial charge in [0.1, 0.15) is 0 Å². The summed E-state index contributed by atoms with van der Waals surface area (Å²) in [5.41, 5.74) is 3.08. The van der Waals surface area contributed by atoms with Gasteiger partial charge in [0.05, 0.1) is 0 Å². The van der Waals surface area contributed by atoms with Gasteiger partial charge in [0.2, 0.25) is 0 Å². The van der Waals surface area contributed by atoms with Gasteiger partial charge in [0, 0.05) is 32.2 Å². The second kappa shape index (κ2) is 5.41. The fourth-order valence-electron chi connectivity index (χ4n) is 2.96. The van der Waals surface area contributed by atoms with Gasteiger partial charge in [-0.25, -0.2) is 0 Å². The maximum absolute atomic E-state index is 3.67. The second-order valence-electron chi connectivity index (χ2n) is 5.88. The van der Waals surface area contributed by atoms with Crippen molar-refractivity contribution < 1.29 is 0 Å². The molecule has 0 bridgehead atoms. The molecule has 1 saturated carbocycles. The fraction of sp³-hybridized carbons (Fsp3) is 0.625. The van der Waals surface area contributed by atoms with Crippen molar-refractivity contribution in [2.45, 2.75) is 38.8 Å². The van der Waals surface area contributed by atoms with Gasteiger partial charge in [-0.2, -0.15) is 0 Å². The largest absolute Gasteiger partial charge is 0.313 e. The Morgan fingerprint density at radius 2 is 2.06 bits per heavy atom. The smallest absolute Gasteiger partial charge is 0.0237 e. The number of fused-ring (bicyclic) bond motifs is 1. The molecule has 0 spiro atoms. The Morgan fingerprint density at radius 3 is 2.83 bits per heavy atom. The lowest BCUT2D eigenvalue weighted by molar-refractivity contribution is 0.249. The van der Waals surface area contributed by atoms with Gasteiger partial charge in [-0.05, 0) is 43.2 Å². The number of rotatable bonds is 5.